The average molecular weight is 195 g/mol. The molecule has 0 saturated heterocycles. The minimum absolute atomic E-state index is 0.0842. The molecule has 1 atom stereocenters. The van der Waals surface area contributed by atoms with Gasteiger partial charge in [0.15, 0.2) is 0 Å². The van der Waals surface area contributed by atoms with Crippen LogP contribution in [0.5, 0.6) is 5.75 Å². The molecule has 0 aliphatic rings. The molecule has 1 aromatic rings. The van der Waals surface area contributed by atoms with Crippen LogP contribution in [0.15, 0.2) is 12.1 Å². The summed E-state index contributed by atoms with van der Waals surface area (Å²) >= 11 is 0. The van der Waals surface area contributed by atoms with Crippen LogP contribution >= 0.6 is 0 Å². The first kappa shape index (κ1) is 11.0. The van der Waals surface area contributed by atoms with E-state index in [-0.39, 0.29) is 18.4 Å². The lowest BCUT2D eigenvalue weighted by Gasteiger charge is -2.16. The number of rotatable bonds is 3. The van der Waals surface area contributed by atoms with Crippen LogP contribution in [0.3, 0.4) is 0 Å². The van der Waals surface area contributed by atoms with Gasteiger partial charge < -0.3 is 15.9 Å². The molecule has 78 valence electrons. The maximum Gasteiger partial charge on any atom is 0.116 e. The van der Waals surface area contributed by atoms with Crippen LogP contribution in [0.1, 0.15) is 29.2 Å². The molecule has 0 radical (unpaired) electrons. The summed E-state index contributed by atoms with van der Waals surface area (Å²) in [4.78, 5) is 0. The Kier molecular flexibility index (Phi) is 3.49. The van der Waals surface area contributed by atoms with Crippen LogP contribution in [-0.4, -0.2) is 16.8 Å². The number of aryl methyl sites for hydroxylation is 2. The Labute approximate surface area is 84.2 Å². The molecule has 1 aromatic carbocycles. The standard InChI is InChI=1S/C11H17NO2/c1-7-5-9(14)6-8(2)11(7)10(12)3-4-13/h5-6,10,13-14H,3-4,12H2,1-2H3. The second-order valence-electron chi connectivity index (χ2n) is 3.61. The molecule has 4 N–H and O–H groups in total. The van der Waals surface area contributed by atoms with Crippen molar-refractivity contribution in [2.75, 3.05) is 6.61 Å². The number of aliphatic hydroxyl groups is 1. The fourth-order valence-corrected chi connectivity index (χ4v) is 1.82. The number of hydrogen-bond acceptors (Lipinski definition) is 3. The molecule has 0 heterocycles. The predicted octanol–water partition coefficient (Wildman–Crippen LogP) is 1.39. The van der Waals surface area contributed by atoms with E-state index in [1.54, 1.807) is 12.1 Å². The highest BCUT2D eigenvalue weighted by Crippen LogP contribution is 2.26. The van der Waals surface area contributed by atoms with Crippen LogP contribution in [0.4, 0.5) is 0 Å². The normalized spacial score (nSPS) is 12.9. The summed E-state index contributed by atoms with van der Waals surface area (Å²) in [6.07, 6.45) is 0.548. The average Bonchev–Trinajstić information content (AvgIpc) is 2.01. The van der Waals surface area contributed by atoms with Crippen molar-refractivity contribution < 1.29 is 10.2 Å². The van der Waals surface area contributed by atoms with E-state index in [1.165, 1.54) is 0 Å². The Balaban J connectivity index is 3.07. The van der Waals surface area contributed by atoms with E-state index in [0.29, 0.717) is 6.42 Å². The summed E-state index contributed by atoms with van der Waals surface area (Å²) in [7, 11) is 0. The Morgan fingerprint density at radius 3 is 2.21 bits per heavy atom. The number of aliphatic hydroxyl groups excluding tert-OH is 1. The first-order chi connectivity index (χ1) is 6.56. The van der Waals surface area contributed by atoms with Crippen molar-refractivity contribution in [3.05, 3.63) is 28.8 Å². The Hall–Kier alpha value is -1.06. The van der Waals surface area contributed by atoms with Crippen LogP contribution in [0, 0.1) is 13.8 Å². The fourth-order valence-electron chi connectivity index (χ4n) is 1.82. The summed E-state index contributed by atoms with van der Waals surface area (Å²) in [6, 6.07) is 3.24. The summed E-state index contributed by atoms with van der Waals surface area (Å²) in [5, 5.41) is 18.1. The van der Waals surface area contributed by atoms with Gasteiger partial charge in [-0.25, -0.2) is 0 Å². The Bertz CT molecular complexity index is 300. The van der Waals surface area contributed by atoms with Gasteiger partial charge in [0.1, 0.15) is 5.75 Å². The van der Waals surface area contributed by atoms with Gasteiger partial charge in [-0.15, -0.1) is 0 Å². The van der Waals surface area contributed by atoms with Crippen molar-refractivity contribution in [1.29, 1.82) is 0 Å². The minimum atomic E-state index is -0.152. The smallest absolute Gasteiger partial charge is 0.116 e. The molecule has 3 heteroatoms. The molecule has 0 aromatic heterocycles. The summed E-state index contributed by atoms with van der Waals surface area (Å²) in [5.74, 6) is 0.264. The molecule has 14 heavy (non-hydrogen) atoms. The number of nitrogens with two attached hydrogens (primary N) is 1. The molecule has 1 rings (SSSR count). The maximum absolute atomic E-state index is 9.34. The lowest BCUT2D eigenvalue weighted by molar-refractivity contribution is 0.276. The second kappa shape index (κ2) is 4.44. The lowest BCUT2D eigenvalue weighted by Crippen LogP contribution is -2.14. The largest absolute Gasteiger partial charge is 0.508 e. The van der Waals surface area contributed by atoms with E-state index in [2.05, 4.69) is 0 Å². The number of phenols is 1. The van der Waals surface area contributed by atoms with Crippen molar-refractivity contribution >= 4 is 0 Å². The number of benzene rings is 1. The van der Waals surface area contributed by atoms with E-state index in [9.17, 15) is 5.11 Å². The van der Waals surface area contributed by atoms with E-state index in [1.807, 2.05) is 13.8 Å². The van der Waals surface area contributed by atoms with E-state index < -0.39 is 0 Å². The molecule has 0 aliphatic carbocycles. The van der Waals surface area contributed by atoms with Gasteiger partial charge in [-0.05, 0) is 49.1 Å². The number of phenolic OH excluding ortho intramolecular Hbond substituents is 1. The molecule has 0 amide bonds. The molecule has 0 spiro atoms. The lowest BCUT2D eigenvalue weighted by atomic mass is 9.94. The highest BCUT2D eigenvalue weighted by molar-refractivity contribution is 5.42. The zero-order valence-corrected chi connectivity index (χ0v) is 8.62. The first-order valence-electron chi connectivity index (χ1n) is 4.72. The van der Waals surface area contributed by atoms with Crippen LogP contribution in [0.25, 0.3) is 0 Å². The molecule has 1 unspecified atom stereocenters. The molecule has 0 saturated carbocycles. The SMILES string of the molecule is Cc1cc(O)cc(C)c1C(N)CCO. The zero-order chi connectivity index (χ0) is 10.7. The van der Waals surface area contributed by atoms with Crippen molar-refractivity contribution in [1.82, 2.24) is 0 Å². The van der Waals surface area contributed by atoms with Gasteiger partial charge in [-0.2, -0.15) is 0 Å². The van der Waals surface area contributed by atoms with Gasteiger partial charge in [-0.1, -0.05) is 0 Å². The quantitative estimate of drug-likeness (QED) is 0.682. The van der Waals surface area contributed by atoms with Crippen molar-refractivity contribution in [2.45, 2.75) is 26.3 Å². The van der Waals surface area contributed by atoms with Gasteiger partial charge in [0.2, 0.25) is 0 Å². The predicted molar refractivity (Wildman–Crippen MR) is 56.2 cm³/mol. The Morgan fingerprint density at radius 1 is 1.29 bits per heavy atom. The Morgan fingerprint density at radius 2 is 1.79 bits per heavy atom. The van der Waals surface area contributed by atoms with E-state index in [0.717, 1.165) is 16.7 Å². The number of aromatic hydroxyl groups is 1. The molecular weight excluding hydrogens is 178 g/mol. The van der Waals surface area contributed by atoms with Gasteiger partial charge in [0, 0.05) is 12.6 Å². The fraction of sp³-hybridized carbons (Fsp3) is 0.455. The van der Waals surface area contributed by atoms with Gasteiger partial charge in [0.25, 0.3) is 0 Å². The third-order valence-corrected chi connectivity index (χ3v) is 2.39. The van der Waals surface area contributed by atoms with Crippen molar-refractivity contribution in [3.8, 4) is 5.75 Å². The highest BCUT2D eigenvalue weighted by atomic mass is 16.3. The second-order valence-corrected chi connectivity index (χ2v) is 3.61. The molecule has 3 nitrogen and oxygen atoms in total. The number of hydrogen-bond donors (Lipinski definition) is 3. The van der Waals surface area contributed by atoms with Crippen LogP contribution in [0.2, 0.25) is 0 Å². The maximum atomic E-state index is 9.34. The minimum Gasteiger partial charge on any atom is -0.508 e. The summed E-state index contributed by atoms with van der Waals surface area (Å²) in [5.41, 5.74) is 8.89. The molecular formula is C11H17NO2. The van der Waals surface area contributed by atoms with Crippen LogP contribution < -0.4 is 5.73 Å². The molecule has 0 bridgehead atoms. The third kappa shape index (κ3) is 2.25. The first-order valence-corrected chi connectivity index (χ1v) is 4.72. The zero-order valence-electron chi connectivity index (χ0n) is 8.62. The van der Waals surface area contributed by atoms with Crippen molar-refractivity contribution in [2.24, 2.45) is 5.73 Å². The van der Waals surface area contributed by atoms with Gasteiger partial charge in [0.05, 0.1) is 0 Å². The highest BCUT2D eigenvalue weighted by Gasteiger charge is 2.12. The van der Waals surface area contributed by atoms with Gasteiger partial charge in [-0.3, -0.25) is 0 Å². The summed E-state index contributed by atoms with van der Waals surface area (Å²) in [6.45, 7) is 3.92. The van der Waals surface area contributed by atoms with Gasteiger partial charge >= 0.3 is 0 Å². The summed E-state index contributed by atoms with van der Waals surface area (Å²) < 4.78 is 0. The van der Waals surface area contributed by atoms with Crippen LogP contribution in [-0.2, 0) is 0 Å². The molecule has 0 aliphatic heterocycles. The van der Waals surface area contributed by atoms with Crippen molar-refractivity contribution in [3.63, 3.8) is 0 Å². The van der Waals surface area contributed by atoms with E-state index in [4.69, 9.17) is 10.8 Å². The topological polar surface area (TPSA) is 66.5 Å². The monoisotopic (exact) mass is 195 g/mol. The molecule has 0 fully saturated rings. The third-order valence-electron chi connectivity index (χ3n) is 2.39. The van der Waals surface area contributed by atoms with E-state index >= 15 is 0 Å².